The van der Waals surface area contributed by atoms with Crippen molar-refractivity contribution in [1.29, 1.82) is 0 Å². The fraction of sp³-hybridized carbons (Fsp3) is 0.0833. The van der Waals surface area contributed by atoms with Gasteiger partial charge in [0.1, 0.15) is 11.5 Å². The zero-order chi connectivity index (χ0) is 10.7. The molecule has 1 aromatic carbocycles. The molecule has 0 saturated heterocycles. The quantitative estimate of drug-likeness (QED) is 0.812. The Morgan fingerprint density at radius 2 is 1.80 bits per heavy atom. The highest BCUT2D eigenvalue weighted by Gasteiger charge is 1.98. The Kier molecular flexibility index (Phi) is 2.54. The summed E-state index contributed by atoms with van der Waals surface area (Å²) in [7, 11) is 0. The topological polar surface area (TPSA) is 42.4 Å². The second kappa shape index (κ2) is 4.00. The van der Waals surface area contributed by atoms with Crippen LogP contribution in [0.4, 0.5) is 0 Å². The van der Waals surface area contributed by atoms with Crippen LogP contribution in [0.25, 0.3) is 0 Å². The highest BCUT2D eigenvalue weighted by atomic mass is 16.5. The molecule has 0 radical (unpaired) electrons. The Labute approximate surface area is 88.0 Å². The molecule has 2 rings (SSSR count). The fourth-order valence-electron chi connectivity index (χ4n) is 1.21. The summed E-state index contributed by atoms with van der Waals surface area (Å²) in [4.78, 5) is 4.21. The lowest BCUT2D eigenvalue weighted by Gasteiger charge is -2.04. The summed E-state index contributed by atoms with van der Waals surface area (Å²) < 4.78 is 5.49. The Hall–Kier alpha value is -2.03. The summed E-state index contributed by atoms with van der Waals surface area (Å²) in [6.07, 6.45) is 0. The van der Waals surface area contributed by atoms with Crippen molar-refractivity contribution in [2.45, 2.75) is 6.92 Å². The van der Waals surface area contributed by atoms with Crippen LogP contribution in [0.5, 0.6) is 17.4 Å². The molecule has 0 aliphatic rings. The molecule has 3 nitrogen and oxygen atoms in total. The van der Waals surface area contributed by atoms with Crippen LogP contribution < -0.4 is 4.74 Å². The third kappa shape index (κ3) is 2.47. The smallest absolute Gasteiger partial charge is 0.219 e. The van der Waals surface area contributed by atoms with Gasteiger partial charge in [-0.15, -0.1) is 0 Å². The number of pyridine rings is 1. The van der Waals surface area contributed by atoms with E-state index in [-0.39, 0.29) is 5.75 Å². The van der Waals surface area contributed by atoms with Crippen molar-refractivity contribution in [1.82, 2.24) is 4.98 Å². The molecule has 0 unspecified atom stereocenters. The van der Waals surface area contributed by atoms with Gasteiger partial charge in [-0.3, -0.25) is 0 Å². The number of aromatic nitrogens is 1. The van der Waals surface area contributed by atoms with Gasteiger partial charge in [-0.2, -0.15) is 0 Å². The molecular formula is C12H11NO2. The molecule has 76 valence electrons. The van der Waals surface area contributed by atoms with Crippen LogP contribution in [-0.4, -0.2) is 10.1 Å². The second-order valence-corrected chi connectivity index (χ2v) is 3.21. The van der Waals surface area contributed by atoms with Crippen LogP contribution in [-0.2, 0) is 0 Å². The molecule has 0 atom stereocenters. The van der Waals surface area contributed by atoms with Crippen LogP contribution in [0.3, 0.4) is 0 Å². The van der Waals surface area contributed by atoms with E-state index in [0.29, 0.717) is 11.6 Å². The van der Waals surface area contributed by atoms with Gasteiger partial charge in [0, 0.05) is 11.8 Å². The van der Waals surface area contributed by atoms with Crippen molar-refractivity contribution in [2.24, 2.45) is 0 Å². The summed E-state index contributed by atoms with van der Waals surface area (Å²) in [5.41, 5.74) is 0.909. The van der Waals surface area contributed by atoms with E-state index in [4.69, 9.17) is 9.84 Å². The average molecular weight is 201 g/mol. The molecule has 0 bridgehead atoms. The van der Waals surface area contributed by atoms with Crippen molar-refractivity contribution in [3.05, 3.63) is 48.2 Å². The van der Waals surface area contributed by atoms with Gasteiger partial charge >= 0.3 is 0 Å². The van der Waals surface area contributed by atoms with Crippen LogP contribution >= 0.6 is 0 Å². The van der Waals surface area contributed by atoms with E-state index < -0.39 is 0 Å². The first-order chi connectivity index (χ1) is 7.24. The lowest BCUT2D eigenvalue weighted by Crippen LogP contribution is -1.88. The zero-order valence-corrected chi connectivity index (χ0v) is 8.34. The zero-order valence-electron chi connectivity index (χ0n) is 8.34. The maximum atomic E-state index is 9.10. The maximum absolute atomic E-state index is 9.10. The summed E-state index contributed by atoms with van der Waals surface area (Å²) in [6.45, 7) is 1.91. The van der Waals surface area contributed by atoms with Gasteiger partial charge in [-0.05, 0) is 37.3 Å². The molecular weight excluding hydrogens is 190 g/mol. The first kappa shape index (κ1) is 9.52. The molecule has 0 amide bonds. The number of nitrogens with zero attached hydrogens (tertiary/aromatic N) is 1. The molecule has 0 aliphatic carbocycles. The summed E-state index contributed by atoms with van der Waals surface area (Å²) in [5, 5.41) is 9.10. The van der Waals surface area contributed by atoms with E-state index in [1.54, 1.807) is 30.3 Å². The molecule has 1 aromatic heterocycles. The fourth-order valence-corrected chi connectivity index (χ4v) is 1.21. The van der Waals surface area contributed by atoms with Crippen molar-refractivity contribution in [3.63, 3.8) is 0 Å². The predicted molar refractivity (Wildman–Crippen MR) is 57.2 cm³/mol. The van der Waals surface area contributed by atoms with Crippen molar-refractivity contribution in [2.75, 3.05) is 0 Å². The lowest BCUT2D eigenvalue weighted by atomic mass is 10.3. The summed E-state index contributed by atoms with van der Waals surface area (Å²) >= 11 is 0. The van der Waals surface area contributed by atoms with Crippen molar-refractivity contribution in [3.8, 4) is 17.4 Å². The molecule has 0 fully saturated rings. The maximum Gasteiger partial charge on any atom is 0.219 e. The molecule has 1 heterocycles. The van der Waals surface area contributed by atoms with Crippen molar-refractivity contribution < 1.29 is 9.84 Å². The van der Waals surface area contributed by atoms with Gasteiger partial charge in [0.2, 0.25) is 5.88 Å². The lowest BCUT2D eigenvalue weighted by molar-refractivity contribution is 0.453. The monoisotopic (exact) mass is 201 g/mol. The number of benzene rings is 1. The van der Waals surface area contributed by atoms with E-state index in [0.717, 1.165) is 5.69 Å². The Bertz CT molecular complexity index is 451. The summed E-state index contributed by atoms with van der Waals surface area (Å²) in [6, 6.07) is 12.1. The number of ether oxygens (including phenoxy) is 1. The molecule has 0 spiro atoms. The Balaban J connectivity index is 2.18. The number of rotatable bonds is 2. The first-order valence-corrected chi connectivity index (χ1v) is 4.64. The second-order valence-electron chi connectivity index (χ2n) is 3.21. The molecule has 3 heteroatoms. The van der Waals surface area contributed by atoms with Gasteiger partial charge in [-0.25, -0.2) is 4.98 Å². The van der Waals surface area contributed by atoms with Gasteiger partial charge < -0.3 is 9.84 Å². The number of hydrogen-bond donors (Lipinski definition) is 1. The average Bonchev–Trinajstić information content (AvgIpc) is 2.22. The van der Waals surface area contributed by atoms with E-state index >= 15 is 0 Å². The Morgan fingerprint density at radius 1 is 1.07 bits per heavy atom. The molecule has 0 aliphatic heterocycles. The minimum atomic E-state index is 0.222. The summed E-state index contributed by atoms with van der Waals surface area (Å²) in [5.74, 6) is 1.44. The number of phenolic OH excluding ortho intramolecular Hbond substituents is 1. The predicted octanol–water partition coefficient (Wildman–Crippen LogP) is 2.89. The third-order valence-corrected chi connectivity index (χ3v) is 1.92. The molecule has 15 heavy (non-hydrogen) atoms. The molecule has 0 saturated carbocycles. The van der Waals surface area contributed by atoms with E-state index in [1.807, 2.05) is 19.1 Å². The van der Waals surface area contributed by atoms with Gasteiger partial charge in [0.25, 0.3) is 0 Å². The van der Waals surface area contributed by atoms with Gasteiger partial charge in [0.15, 0.2) is 0 Å². The van der Waals surface area contributed by atoms with E-state index in [2.05, 4.69) is 4.98 Å². The SMILES string of the molecule is Cc1cccc(Oc2ccc(O)cc2)n1. The molecule has 2 aromatic rings. The number of aryl methyl sites for hydroxylation is 1. The number of hydrogen-bond acceptors (Lipinski definition) is 3. The van der Waals surface area contributed by atoms with Gasteiger partial charge in [0.05, 0.1) is 0 Å². The highest BCUT2D eigenvalue weighted by Crippen LogP contribution is 2.21. The van der Waals surface area contributed by atoms with Crippen LogP contribution in [0.1, 0.15) is 5.69 Å². The first-order valence-electron chi connectivity index (χ1n) is 4.64. The number of phenols is 1. The standard InChI is InChI=1S/C12H11NO2/c1-9-3-2-4-12(13-9)15-11-7-5-10(14)6-8-11/h2-8,14H,1H3. The highest BCUT2D eigenvalue weighted by molar-refractivity contribution is 5.32. The largest absolute Gasteiger partial charge is 0.508 e. The van der Waals surface area contributed by atoms with Crippen LogP contribution in [0.15, 0.2) is 42.5 Å². The third-order valence-electron chi connectivity index (χ3n) is 1.92. The van der Waals surface area contributed by atoms with Crippen LogP contribution in [0.2, 0.25) is 0 Å². The van der Waals surface area contributed by atoms with E-state index in [9.17, 15) is 0 Å². The minimum absolute atomic E-state index is 0.222. The van der Waals surface area contributed by atoms with Crippen LogP contribution in [0, 0.1) is 6.92 Å². The molecule has 1 N–H and O–H groups in total. The van der Waals surface area contributed by atoms with Gasteiger partial charge in [-0.1, -0.05) is 6.07 Å². The van der Waals surface area contributed by atoms with E-state index in [1.165, 1.54) is 0 Å². The Morgan fingerprint density at radius 3 is 2.47 bits per heavy atom. The number of aromatic hydroxyl groups is 1. The minimum Gasteiger partial charge on any atom is -0.508 e. The van der Waals surface area contributed by atoms with Crippen molar-refractivity contribution >= 4 is 0 Å². The normalized spacial score (nSPS) is 9.93.